The summed E-state index contributed by atoms with van der Waals surface area (Å²) >= 11 is 0. The van der Waals surface area contributed by atoms with E-state index in [0.717, 1.165) is 24.8 Å². The predicted octanol–water partition coefficient (Wildman–Crippen LogP) is 2.98. The second-order valence-electron chi connectivity index (χ2n) is 7.44. The molecule has 3 N–H and O–H groups in total. The number of benzene rings is 1. The molecule has 1 heterocycles. The fourth-order valence-corrected chi connectivity index (χ4v) is 4.46. The molecule has 27 heavy (non-hydrogen) atoms. The van der Waals surface area contributed by atoms with Gasteiger partial charge in [-0.2, -0.15) is 0 Å². The van der Waals surface area contributed by atoms with E-state index < -0.39 is 0 Å². The van der Waals surface area contributed by atoms with Crippen molar-refractivity contribution in [3.05, 3.63) is 48.3 Å². The summed E-state index contributed by atoms with van der Waals surface area (Å²) in [5.74, 6) is 2.06. The topological polar surface area (TPSA) is 86.5 Å². The number of nitrogens with two attached hydrogens (primary N) is 1. The number of ether oxygens (including phenoxy) is 2. The molecular weight excluding hydrogens is 342 g/mol. The average molecular weight is 367 g/mol. The number of aromatic nitrogens is 1. The lowest BCUT2D eigenvalue weighted by Gasteiger charge is -2.27. The van der Waals surface area contributed by atoms with Crippen LogP contribution in [0.3, 0.4) is 0 Å². The van der Waals surface area contributed by atoms with Crippen molar-refractivity contribution in [2.75, 3.05) is 12.4 Å². The molecule has 2 aliphatic carbocycles. The summed E-state index contributed by atoms with van der Waals surface area (Å²) in [6, 6.07) is 9.21. The van der Waals surface area contributed by atoms with E-state index in [1.54, 1.807) is 31.6 Å². The van der Waals surface area contributed by atoms with Gasteiger partial charge in [-0.3, -0.25) is 9.78 Å². The Balaban J connectivity index is 1.46. The van der Waals surface area contributed by atoms with Gasteiger partial charge in [0, 0.05) is 30.2 Å². The summed E-state index contributed by atoms with van der Waals surface area (Å²) in [5, 5.41) is 3.02. The van der Waals surface area contributed by atoms with Gasteiger partial charge < -0.3 is 20.5 Å². The molecule has 1 aromatic heterocycles. The van der Waals surface area contributed by atoms with Gasteiger partial charge in [0.15, 0.2) is 11.5 Å². The van der Waals surface area contributed by atoms with E-state index in [0.29, 0.717) is 35.6 Å². The van der Waals surface area contributed by atoms with Crippen molar-refractivity contribution in [2.24, 2.45) is 23.5 Å². The van der Waals surface area contributed by atoms with Crippen molar-refractivity contribution >= 4 is 11.6 Å². The van der Waals surface area contributed by atoms with Crippen LogP contribution in [-0.4, -0.2) is 24.0 Å². The van der Waals surface area contributed by atoms with Gasteiger partial charge in [0.05, 0.1) is 13.0 Å². The maximum absolute atomic E-state index is 12.8. The number of pyridine rings is 1. The molecular formula is C21H25N3O3. The van der Waals surface area contributed by atoms with Crippen LogP contribution in [0.1, 0.15) is 24.8 Å². The number of hydrogen-bond acceptors (Lipinski definition) is 5. The van der Waals surface area contributed by atoms with Gasteiger partial charge in [0.1, 0.15) is 6.61 Å². The third kappa shape index (κ3) is 3.62. The highest BCUT2D eigenvalue weighted by atomic mass is 16.5. The average Bonchev–Trinajstić information content (AvgIpc) is 3.28. The lowest BCUT2D eigenvalue weighted by atomic mass is 9.84. The summed E-state index contributed by atoms with van der Waals surface area (Å²) in [7, 11) is 1.60. The molecule has 4 unspecified atom stereocenters. The zero-order chi connectivity index (χ0) is 18.8. The highest BCUT2D eigenvalue weighted by molar-refractivity contribution is 5.94. The van der Waals surface area contributed by atoms with Gasteiger partial charge in [-0.15, -0.1) is 0 Å². The van der Waals surface area contributed by atoms with Crippen LogP contribution >= 0.6 is 0 Å². The molecule has 1 aromatic carbocycles. The van der Waals surface area contributed by atoms with Crippen molar-refractivity contribution < 1.29 is 14.3 Å². The van der Waals surface area contributed by atoms with Crippen LogP contribution < -0.4 is 20.5 Å². The maximum atomic E-state index is 12.8. The molecule has 0 spiro atoms. The van der Waals surface area contributed by atoms with E-state index in [1.807, 2.05) is 18.2 Å². The first-order valence-corrected chi connectivity index (χ1v) is 9.42. The Morgan fingerprint density at radius 1 is 1.19 bits per heavy atom. The third-order valence-corrected chi connectivity index (χ3v) is 5.86. The van der Waals surface area contributed by atoms with Crippen LogP contribution in [0.2, 0.25) is 0 Å². The molecule has 6 nitrogen and oxygen atoms in total. The first-order valence-electron chi connectivity index (χ1n) is 9.42. The van der Waals surface area contributed by atoms with Crippen LogP contribution in [0.25, 0.3) is 0 Å². The van der Waals surface area contributed by atoms with Crippen molar-refractivity contribution in [1.82, 2.24) is 4.98 Å². The van der Waals surface area contributed by atoms with E-state index in [9.17, 15) is 4.79 Å². The summed E-state index contributed by atoms with van der Waals surface area (Å²) in [6.45, 7) is 0.396. The highest BCUT2D eigenvalue weighted by Gasteiger charge is 2.49. The Hall–Kier alpha value is -2.60. The lowest BCUT2D eigenvalue weighted by molar-refractivity contribution is -0.121. The van der Waals surface area contributed by atoms with E-state index in [4.69, 9.17) is 15.2 Å². The van der Waals surface area contributed by atoms with Crippen LogP contribution in [0.4, 0.5) is 5.69 Å². The number of rotatable bonds is 6. The minimum absolute atomic E-state index is 0.0138. The Morgan fingerprint density at radius 3 is 2.67 bits per heavy atom. The molecule has 1 amide bonds. The number of nitrogens with one attached hydrogen (secondary N) is 1. The molecule has 142 valence electrons. The highest BCUT2D eigenvalue weighted by Crippen LogP contribution is 2.48. The van der Waals surface area contributed by atoms with Crippen LogP contribution in [0.15, 0.2) is 42.7 Å². The zero-order valence-corrected chi connectivity index (χ0v) is 15.4. The van der Waals surface area contributed by atoms with Crippen molar-refractivity contribution in [1.29, 1.82) is 0 Å². The van der Waals surface area contributed by atoms with Gasteiger partial charge in [-0.05, 0) is 60.9 Å². The Bertz CT molecular complexity index is 810. The number of carbonyl (C=O) groups excluding carboxylic acids is 1. The van der Waals surface area contributed by atoms with E-state index in [1.165, 1.54) is 0 Å². The fourth-order valence-electron chi connectivity index (χ4n) is 4.46. The molecule has 0 radical (unpaired) electrons. The standard InChI is InChI=1S/C21H25N3O3/c1-26-17-5-4-16(11-18(17)27-12-13-6-8-23-9-7-13)24-21(25)19-14-2-3-15(10-14)20(19)22/h4-9,11,14-15,19-20H,2-3,10,12,22H2,1H3,(H,24,25). The number of nitrogens with zero attached hydrogens (tertiary/aromatic N) is 1. The fraction of sp³-hybridized carbons (Fsp3) is 0.429. The maximum Gasteiger partial charge on any atom is 0.229 e. The van der Waals surface area contributed by atoms with Gasteiger partial charge in [-0.1, -0.05) is 0 Å². The monoisotopic (exact) mass is 367 g/mol. The number of methoxy groups -OCH3 is 1. The molecule has 6 heteroatoms. The van der Waals surface area contributed by atoms with Gasteiger partial charge in [-0.25, -0.2) is 0 Å². The van der Waals surface area contributed by atoms with Crippen molar-refractivity contribution in [3.63, 3.8) is 0 Å². The molecule has 4 rings (SSSR count). The number of hydrogen-bond donors (Lipinski definition) is 2. The summed E-state index contributed by atoms with van der Waals surface area (Å²) in [5.41, 5.74) is 8.00. The Kier molecular flexibility index (Phi) is 4.99. The van der Waals surface area contributed by atoms with E-state index >= 15 is 0 Å². The summed E-state index contributed by atoms with van der Waals surface area (Å²) < 4.78 is 11.3. The van der Waals surface area contributed by atoms with Crippen LogP contribution in [0.5, 0.6) is 11.5 Å². The van der Waals surface area contributed by atoms with Gasteiger partial charge >= 0.3 is 0 Å². The molecule has 4 atom stereocenters. The summed E-state index contributed by atoms with van der Waals surface area (Å²) in [6.07, 6.45) is 6.81. The van der Waals surface area contributed by atoms with Crippen molar-refractivity contribution in [2.45, 2.75) is 31.9 Å². The Labute approximate surface area is 159 Å². The van der Waals surface area contributed by atoms with Gasteiger partial charge in [0.25, 0.3) is 0 Å². The lowest BCUT2D eigenvalue weighted by Crippen LogP contribution is -2.42. The molecule has 2 aromatic rings. The molecule has 2 saturated carbocycles. The van der Waals surface area contributed by atoms with Gasteiger partial charge in [0.2, 0.25) is 5.91 Å². The minimum Gasteiger partial charge on any atom is -0.493 e. The zero-order valence-electron chi connectivity index (χ0n) is 15.4. The SMILES string of the molecule is COc1ccc(NC(=O)C2C3CCC(C3)C2N)cc1OCc1ccncc1. The van der Waals surface area contributed by atoms with Crippen molar-refractivity contribution in [3.8, 4) is 11.5 Å². The molecule has 2 aliphatic rings. The number of anilines is 1. The first-order chi connectivity index (χ1) is 13.2. The molecule has 0 saturated heterocycles. The molecule has 0 aliphatic heterocycles. The molecule has 2 fully saturated rings. The largest absolute Gasteiger partial charge is 0.493 e. The second kappa shape index (κ2) is 7.56. The molecule has 2 bridgehead atoms. The summed E-state index contributed by atoms with van der Waals surface area (Å²) in [4.78, 5) is 16.8. The number of carbonyl (C=O) groups is 1. The quantitative estimate of drug-likeness (QED) is 0.820. The smallest absolute Gasteiger partial charge is 0.229 e. The number of fused-ring (bicyclic) bond motifs is 2. The van der Waals surface area contributed by atoms with E-state index in [2.05, 4.69) is 10.3 Å². The number of amides is 1. The second-order valence-corrected chi connectivity index (χ2v) is 7.44. The van der Waals surface area contributed by atoms with E-state index in [-0.39, 0.29) is 17.9 Å². The minimum atomic E-state index is -0.0907. The Morgan fingerprint density at radius 2 is 1.96 bits per heavy atom. The first kappa shape index (κ1) is 17.8. The third-order valence-electron chi connectivity index (χ3n) is 5.86. The van der Waals surface area contributed by atoms with Crippen LogP contribution in [-0.2, 0) is 11.4 Å². The van der Waals surface area contributed by atoms with Crippen LogP contribution in [0, 0.1) is 17.8 Å². The predicted molar refractivity (Wildman–Crippen MR) is 102 cm³/mol. The normalized spacial score (nSPS) is 26.0.